The molecule has 6 heterocycles. The number of unbranched alkanes of at least 4 members (excludes halogenated alkanes) is 1. The molecule has 458 valence electrons. The van der Waals surface area contributed by atoms with Gasteiger partial charge in [-0.05, 0) is 120 Å². The number of nitrogens with one attached hydrogen (secondary N) is 1. The summed E-state index contributed by atoms with van der Waals surface area (Å²) in [6, 6.07) is 43.7. The Morgan fingerprint density at radius 3 is 1.23 bits per heavy atom. The van der Waals surface area contributed by atoms with Crippen molar-refractivity contribution in [3.63, 3.8) is 0 Å². The number of hydrogen-bond donors (Lipinski definition) is 4. The van der Waals surface area contributed by atoms with Crippen molar-refractivity contribution in [1.82, 2.24) is 10.2 Å². The van der Waals surface area contributed by atoms with Crippen LogP contribution in [0.15, 0.2) is 175 Å². The third kappa shape index (κ3) is 27.5. The van der Waals surface area contributed by atoms with Crippen LogP contribution in [-0.4, -0.2) is 133 Å². The van der Waals surface area contributed by atoms with Crippen molar-refractivity contribution in [1.29, 1.82) is 0 Å². The van der Waals surface area contributed by atoms with Crippen molar-refractivity contribution in [3.8, 4) is 0 Å². The molecule has 15 nitrogen and oxygen atoms in total. The molecule has 11 rings (SSSR count). The monoisotopic (exact) mass is 1210 g/mol. The van der Waals surface area contributed by atoms with E-state index >= 15 is 0 Å². The van der Waals surface area contributed by atoms with E-state index < -0.39 is 32.4 Å². The fourth-order valence-electron chi connectivity index (χ4n) is 9.49. The molecule has 6 fully saturated rings. The molecule has 5 aromatic carbocycles. The van der Waals surface area contributed by atoms with Gasteiger partial charge in [0.2, 0.25) is 0 Å². The largest absolute Gasteiger partial charge is 0.394 e. The average Bonchev–Trinajstić information content (AvgIpc) is 4.36. The highest BCUT2D eigenvalue weighted by atomic mass is 35.5. The van der Waals surface area contributed by atoms with Gasteiger partial charge in [0, 0.05) is 39.3 Å². The van der Waals surface area contributed by atoms with E-state index in [1.165, 1.54) is 66.6 Å². The molecule has 83 heavy (non-hydrogen) atoms. The lowest BCUT2D eigenvalue weighted by molar-refractivity contribution is -0.0410. The van der Waals surface area contributed by atoms with Crippen molar-refractivity contribution >= 4 is 32.6 Å². The summed E-state index contributed by atoms with van der Waals surface area (Å²) in [6.07, 6.45) is 15.0. The predicted octanol–water partition coefficient (Wildman–Crippen LogP) is 10.4. The number of allylic oxidation sites excluding steroid dienone is 2. The number of ether oxygens (including phenoxy) is 4. The van der Waals surface area contributed by atoms with E-state index in [2.05, 4.69) is 72.8 Å². The molecule has 6 saturated heterocycles. The van der Waals surface area contributed by atoms with Crippen LogP contribution in [-0.2, 0) is 60.6 Å². The Hall–Kier alpha value is -4.67. The first-order valence-corrected chi connectivity index (χ1v) is 31.6. The number of fused-ring (bicyclic) bond motifs is 4. The van der Waals surface area contributed by atoms with Gasteiger partial charge in [0.25, 0.3) is 20.2 Å². The van der Waals surface area contributed by atoms with Gasteiger partial charge in [-0.3, -0.25) is 13.3 Å². The Kier molecular flexibility index (Phi) is 33.4. The predicted molar refractivity (Wildman–Crippen MR) is 331 cm³/mol. The first-order chi connectivity index (χ1) is 39.6. The first-order valence-electron chi connectivity index (χ1n) is 28.8. The van der Waals surface area contributed by atoms with E-state index in [-0.39, 0.29) is 60.8 Å². The van der Waals surface area contributed by atoms with Gasteiger partial charge in [-0.1, -0.05) is 144 Å². The molecule has 0 radical (unpaired) electrons. The van der Waals surface area contributed by atoms with E-state index in [1.807, 2.05) is 74.5 Å². The lowest BCUT2D eigenvalue weighted by atomic mass is 10.2. The summed E-state index contributed by atoms with van der Waals surface area (Å²) >= 11 is 0. The second kappa shape index (κ2) is 39.1. The Balaban J connectivity index is 0.000000229. The van der Waals surface area contributed by atoms with Crippen molar-refractivity contribution in [2.24, 2.45) is 5.73 Å². The Labute approximate surface area is 502 Å². The zero-order valence-corrected chi connectivity index (χ0v) is 51.3. The molecule has 0 saturated carbocycles. The summed E-state index contributed by atoms with van der Waals surface area (Å²) in [5, 5.41) is 20.5. The standard InChI is InChI=1S/C20H24O7S2.C13H17NO.C7H9N.C7H8.C6H11NO.C6H12O3.C6H10.ClH/c1-15-3-9-19(10-4-15)28(21,22)25-13-17-7-8-18(27-17)14-26-29(23,24)20-11-5-16(2)6-12-20;1-2-4-11(5-3-1)8-14-9-12-6-7-13(10-14)15-12;8-6-7-4-2-1-3-5-7;1-7-5-3-2-4-6-7;1-2-6-4-7-3-5(1)8-6;7-3-5-1-2-6(4-8)9-5;1-3-5-6-4-2;/h3-6,9-12,17-18H,7-8,13-14H2,1-2H3;1-5,12-13H,6-10H2;1-5H,6,8H2;2-6H,1H3;5-7H,1-4H2;5-8H,1-4H2;3-4H,1-2,5-6H2;1H/t17-,18+;;;;;5-,6+;;. The van der Waals surface area contributed by atoms with Gasteiger partial charge in [-0.2, -0.15) is 16.8 Å². The summed E-state index contributed by atoms with van der Waals surface area (Å²) < 4.78 is 81.4. The quantitative estimate of drug-likeness (QED) is 0.0412. The fourth-order valence-corrected chi connectivity index (χ4v) is 11.4. The molecule has 18 heteroatoms. The third-order valence-electron chi connectivity index (χ3n) is 14.1. The average molecular weight is 1210 g/mol. The van der Waals surface area contributed by atoms with Gasteiger partial charge >= 0.3 is 0 Å². The first kappa shape index (κ1) is 70.8. The highest BCUT2D eigenvalue weighted by Gasteiger charge is 2.34. The zero-order valence-electron chi connectivity index (χ0n) is 48.8. The lowest BCUT2D eigenvalue weighted by Gasteiger charge is -2.32. The van der Waals surface area contributed by atoms with E-state index in [4.69, 9.17) is 43.3 Å². The Morgan fingerprint density at radius 2 is 0.880 bits per heavy atom. The molecule has 0 aliphatic carbocycles. The highest BCUT2D eigenvalue weighted by molar-refractivity contribution is 7.87. The molecule has 5 aromatic rings. The maximum atomic E-state index is 12.2. The second-order valence-corrected chi connectivity index (χ2v) is 24.4. The van der Waals surface area contributed by atoms with Gasteiger partial charge in [0.05, 0.1) is 85.1 Å². The number of benzene rings is 5. The van der Waals surface area contributed by atoms with Crippen LogP contribution in [0.2, 0.25) is 0 Å². The normalized spacial score (nSPS) is 22.9. The second-order valence-electron chi connectivity index (χ2n) is 21.1. The van der Waals surface area contributed by atoms with Crippen LogP contribution in [0.4, 0.5) is 0 Å². The minimum Gasteiger partial charge on any atom is -0.394 e. The van der Waals surface area contributed by atoms with Crippen molar-refractivity contribution in [2.45, 2.75) is 157 Å². The fraction of sp³-hybridized carbons (Fsp3) is 0.477. The molecule has 4 unspecified atom stereocenters. The molecule has 4 bridgehead atoms. The highest BCUT2D eigenvalue weighted by Crippen LogP contribution is 2.28. The summed E-state index contributed by atoms with van der Waals surface area (Å²) in [5.41, 5.74) is 11.2. The Bertz CT molecular complexity index is 2620. The maximum absolute atomic E-state index is 12.2. The van der Waals surface area contributed by atoms with E-state index in [0.29, 0.717) is 43.8 Å². The van der Waals surface area contributed by atoms with Crippen molar-refractivity contribution in [3.05, 3.63) is 193 Å². The Morgan fingerprint density at radius 1 is 0.518 bits per heavy atom. The van der Waals surface area contributed by atoms with Gasteiger partial charge in [-0.15, -0.1) is 25.6 Å². The summed E-state index contributed by atoms with van der Waals surface area (Å²) in [6.45, 7) is 18.9. The number of nitrogens with zero attached hydrogens (tertiary/aromatic N) is 1. The van der Waals surface area contributed by atoms with E-state index in [0.717, 1.165) is 69.5 Å². The van der Waals surface area contributed by atoms with E-state index in [1.54, 1.807) is 24.3 Å². The van der Waals surface area contributed by atoms with Crippen LogP contribution in [0.3, 0.4) is 0 Å². The molecular formula is C65H92ClN3O12S2. The van der Waals surface area contributed by atoms with Crippen LogP contribution in [0, 0.1) is 20.8 Å². The smallest absolute Gasteiger partial charge is 0.297 e. The number of aliphatic hydroxyl groups excluding tert-OH is 2. The van der Waals surface area contributed by atoms with Gasteiger partial charge < -0.3 is 40.2 Å². The molecule has 0 aromatic heterocycles. The topological polar surface area (TPSA) is 205 Å². The molecule has 6 aliphatic heterocycles. The number of aryl methyl sites for hydroxylation is 3. The molecule has 5 N–H and O–H groups in total. The summed E-state index contributed by atoms with van der Waals surface area (Å²) in [4.78, 5) is 2.71. The van der Waals surface area contributed by atoms with Crippen LogP contribution >= 0.6 is 12.4 Å². The summed E-state index contributed by atoms with van der Waals surface area (Å²) in [7, 11) is -7.73. The van der Waals surface area contributed by atoms with Gasteiger partial charge in [0.1, 0.15) is 0 Å². The van der Waals surface area contributed by atoms with Crippen LogP contribution in [0.1, 0.15) is 92.0 Å². The number of aliphatic hydroxyl groups is 2. The maximum Gasteiger partial charge on any atom is 0.297 e. The number of morpholine rings is 2. The van der Waals surface area contributed by atoms with Crippen molar-refractivity contribution in [2.75, 3.05) is 52.6 Å². The van der Waals surface area contributed by atoms with Crippen LogP contribution in [0.25, 0.3) is 0 Å². The number of likely N-dealkylation sites (tertiary alicyclic amines) is 1. The minimum atomic E-state index is -3.86. The van der Waals surface area contributed by atoms with Crippen LogP contribution < -0.4 is 11.1 Å². The SMILES string of the molecule is C1CC2CNCC1O2.C=CCCC=C.Cc1ccc(S(=O)(=O)OC[C@H]2CC[C@@H](COS(=O)(=O)c3ccc(C)cc3)O2)cc1.Cc1ccccc1.Cl.NCc1ccccc1.OC[C@@H]1CC[C@H](CO)O1.c1ccc(CN2CC3CCC(C2)O3)cc1. The molecular weight excluding hydrogens is 1110 g/mol. The van der Waals surface area contributed by atoms with Crippen LogP contribution in [0.5, 0.6) is 0 Å². The van der Waals surface area contributed by atoms with Gasteiger partial charge in [-0.25, -0.2) is 0 Å². The lowest BCUT2D eigenvalue weighted by Crippen LogP contribution is -2.41. The molecule has 6 aliphatic rings. The van der Waals surface area contributed by atoms with Crippen molar-refractivity contribution < 1.29 is 54.4 Å². The zero-order chi connectivity index (χ0) is 59.0. The number of hydrogen-bond acceptors (Lipinski definition) is 15. The third-order valence-corrected chi connectivity index (χ3v) is 16.7. The molecule has 8 atom stereocenters. The number of nitrogens with two attached hydrogens (primary N) is 1. The molecule has 0 spiro atoms. The number of rotatable bonds is 16. The number of halogens is 1. The van der Waals surface area contributed by atoms with E-state index in [9.17, 15) is 16.8 Å². The molecule has 0 amide bonds. The minimum absolute atomic E-state index is 0. The summed E-state index contributed by atoms with van der Waals surface area (Å²) in [5.74, 6) is 0. The van der Waals surface area contributed by atoms with Gasteiger partial charge in [0.15, 0.2) is 0 Å².